The summed E-state index contributed by atoms with van der Waals surface area (Å²) in [6.07, 6.45) is 12.3. The Balaban J connectivity index is 2.22. The van der Waals surface area contributed by atoms with Gasteiger partial charge in [0.05, 0.1) is 0 Å². The number of hydrogen-bond donors (Lipinski definition) is 0. The molecular formula is C12H18. The molecule has 12 heavy (non-hydrogen) atoms. The minimum Gasteiger partial charge on any atom is -0.0882 e. The minimum absolute atomic E-state index is 0.532. The van der Waals surface area contributed by atoms with Crippen LogP contribution in [0.3, 0.4) is 0 Å². The molecule has 0 nitrogen and oxygen atoms in total. The predicted octanol–water partition coefficient (Wildman–Crippen LogP) is 3.70. The van der Waals surface area contributed by atoms with Crippen LogP contribution in [0.15, 0.2) is 23.8 Å². The van der Waals surface area contributed by atoms with E-state index in [-0.39, 0.29) is 0 Å². The van der Waals surface area contributed by atoms with Crippen molar-refractivity contribution in [3.8, 4) is 0 Å². The predicted molar refractivity (Wildman–Crippen MR) is 53.0 cm³/mol. The van der Waals surface area contributed by atoms with Crippen LogP contribution in [-0.2, 0) is 0 Å². The first-order chi connectivity index (χ1) is 5.70. The Kier molecular flexibility index (Phi) is 1.86. The van der Waals surface area contributed by atoms with Crippen LogP contribution >= 0.6 is 0 Å². The Bertz CT molecular complexity index is 230. The van der Waals surface area contributed by atoms with Gasteiger partial charge in [0.2, 0.25) is 0 Å². The van der Waals surface area contributed by atoms with Crippen LogP contribution in [-0.4, -0.2) is 0 Å². The zero-order chi connectivity index (χ0) is 8.60. The van der Waals surface area contributed by atoms with Crippen LogP contribution in [0, 0.1) is 11.3 Å². The van der Waals surface area contributed by atoms with Crippen molar-refractivity contribution < 1.29 is 0 Å². The first kappa shape index (κ1) is 8.10. The second-order valence-corrected chi connectivity index (χ2v) is 4.77. The molecule has 0 heteroatoms. The van der Waals surface area contributed by atoms with E-state index < -0.39 is 0 Å². The molecule has 0 saturated heterocycles. The van der Waals surface area contributed by atoms with Crippen molar-refractivity contribution in [3.63, 3.8) is 0 Å². The van der Waals surface area contributed by atoms with Crippen LogP contribution in [0.4, 0.5) is 0 Å². The average molecular weight is 162 g/mol. The molecule has 0 aromatic carbocycles. The molecule has 0 radical (unpaired) electrons. The molecule has 0 N–H and O–H groups in total. The van der Waals surface area contributed by atoms with E-state index in [2.05, 4.69) is 32.1 Å². The van der Waals surface area contributed by atoms with Crippen molar-refractivity contribution in [1.82, 2.24) is 0 Å². The highest BCUT2D eigenvalue weighted by atomic mass is 14.4. The minimum atomic E-state index is 0.532. The Labute approximate surface area is 75.4 Å². The highest BCUT2D eigenvalue weighted by Crippen LogP contribution is 2.46. The molecule has 0 saturated carbocycles. The molecule has 0 fully saturated rings. The number of fused-ring (bicyclic) bond motifs is 1. The van der Waals surface area contributed by atoms with Gasteiger partial charge in [-0.1, -0.05) is 37.6 Å². The highest BCUT2D eigenvalue weighted by molar-refractivity contribution is 5.21. The van der Waals surface area contributed by atoms with E-state index in [4.69, 9.17) is 0 Å². The molecule has 0 spiro atoms. The lowest BCUT2D eigenvalue weighted by molar-refractivity contribution is 0.275. The summed E-state index contributed by atoms with van der Waals surface area (Å²) in [5.74, 6) is 0.844. The molecule has 0 aromatic heterocycles. The molecule has 0 aliphatic heterocycles. The fourth-order valence-corrected chi connectivity index (χ4v) is 2.53. The molecule has 0 heterocycles. The number of hydrogen-bond acceptors (Lipinski definition) is 0. The monoisotopic (exact) mass is 162 g/mol. The van der Waals surface area contributed by atoms with Gasteiger partial charge in [-0.05, 0) is 37.0 Å². The summed E-state index contributed by atoms with van der Waals surface area (Å²) in [5, 5.41) is 0. The Hall–Kier alpha value is -0.520. The smallest absolute Gasteiger partial charge is 0.0114 e. The fourth-order valence-electron chi connectivity index (χ4n) is 2.53. The van der Waals surface area contributed by atoms with Gasteiger partial charge < -0.3 is 0 Å². The van der Waals surface area contributed by atoms with Crippen molar-refractivity contribution in [1.29, 1.82) is 0 Å². The summed E-state index contributed by atoms with van der Waals surface area (Å²) >= 11 is 0. The molecule has 0 aromatic rings. The summed E-state index contributed by atoms with van der Waals surface area (Å²) < 4.78 is 0. The van der Waals surface area contributed by atoms with Crippen molar-refractivity contribution in [3.05, 3.63) is 23.8 Å². The second kappa shape index (κ2) is 2.76. The molecule has 1 unspecified atom stereocenters. The van der Waals surface area contributed by atoms with Crippen LogP contribution in [0.25, 0.3) is 0 Å². The Morgan fingerprint density at radius 3 is 3.00 bits per heavy atom. The SMILES string of the molecule is CC1(C)CC=C2CCC=CCC21. The Morgan fingerprint density at radius 2 is 2.17 bits per heavy atom. The van der Waals surface area contributed by atoms with E-state index >= 15 is 0 Å². The van der Waals surface area contributed by atoms with Gasteiger partial charge in [-0.25, -0.2) is 0 Å². The molecule has 66 valence electrons. The summed E-state index contributed by atoms with van der Waals surface area (Å²) in [6, 6.07) is 0. The summed E-state index contributed by atoms with van der Waals surface area (Å²) in [6.45, 7) is 4.81. The third-order valence-electron chi connectivity index (χ3n) is 3.42. The summed E-state index contributed by atoms with van der Waals surface area (Å²) in [7, 11) is 0. The van der Waals surface area contributed by atoms with Gasteiger partial charge in [-0.3, -0.25) is 0 Å². The molecular weight excluding hydrogens is 144 g/mol. The maximum atomic E-state index is 2.48. The van der Waals surface area contributed by atoms with Gasteiger partial charge in [-0.15, -0.1) is 0 Å². The van der Waals surface area contributed by atoms with E-state index in [9.17, 15) is 0 Å². The van der Waals surface area contributed by atoms with Gasteiger partial charge in [0.15, 0.2) is 0 Å². The summed E-state index contributed by atoms with van der Waals surface area (Å²) in [4.78, 5) is 0. The zero-order valence-corrected chi connectivity index (χ0v) is 8.14. The molecule has 2 aliphatic rings. The lowest BCUT2D eigenvalue weighted by Gasteiger charge is -2.28. The van der Waals surface area contributed by atoms with Gasteiger partial charge >= 0.3 is 0 Å². The lowest BCUT2D eigenvalue weighted by Crippen LogP contribution is -2.19. The maximum Gasteiger partial charge on any atom is -0.0114 e. The van der Waals surface area contributed by atoms with E-state index in [1.54, 1.807) is 5.57 Å². The van der Waals surface area contributed by atoms with E-state index in [1.165, 1.54) is 25.7 Å². The quantitative estimate of drug-likeness (QED) is 0.476. The van der Waals surface area contributed by atoms with Crippen molar-refractivity contribution in [2.45, 2.75) is 39.5 Å². The van der Waals surface area contributed by atoms with Crippen LogP contribution < -0.4 is 0 Å². The third-order valence-corrected chi connectivity index (χ3v) is 3.42. The standard InChI is InChI=1S/C12H18/c1-12(2)9-8-10-6-4-3-5-7-11(10)12/h3,5,8,11H,4,6-7,9H2,1-2H3. The van der Waals surface area contributed by atoms with Crippen LogP contribution in [0.5, 0.6) is 0 Å². The first-order valence-corrected chi connectivity index (χ1v) is 5.04. The fraction of sp³-hybridized carbons (Fsp3) is 0.667. The molecule has 2 aliphatic carbocycles. The average Bonchev–Trinajstić information content (AvgIpc) is 2.27. The van der Waals surface area contributed by atoms with Gasteiger partial charge in [0.1, 0.15) is 0 Å². The first-order valence-electron chi connectivity index (χ1n) is 5.04. The highest BCUT2D eigenvalue weighted by Gasteiger charge is 2.35. The lowest BCUT2D eigenvalue weighted by atomic mass is 9.77. The summed E-state index contributed by atoms with van der Waals surface area (Å²) in [5.41, 5.74) is 2.26. The van der Waals surface area contributed by atoms with Gasteiger partial charge in [-0.2, -0.15) is 0 Å². The third kappa shape index (κ3) is 1.24. The molecule has 1 atom stereocenters. The van der Waals surface area contributed by atoms with Crippen molar-refractivity contribution in [2.75, 3.05) is 0 Å². The molecule has 2 rings (SSSR count). The maximum absolute atomic E-state index is 2.48. The zero-order valence-electron chi connectivity index (χ0n) is 8.14. The largest absolute Gasteiger partial charge is 0.0882 e. The second-order valence-electron chi connectivity index (χ2n) is 4.77. The van der Waals surface area contributed by atoms with Crippen molar-refractivity contribution >= 4 is 0 Å². The normalized spacial score (nSPS) is 32.5. The topological polar surface area (TPSA) is 0 Å². The molecule has 0 bridgehead atoms. The van der Waals surface area contributed by atoms with E-state index in [0.717, 1.165) is 5.92 Å². The van der Waals surface area contributed by atoms with E-state index in [1.807, 2.05) is 0 Å². The Morgan fingerprint density at radius 1 is 1.33 bits per heavy atom. The van der Waals surface area contributed by atoms with Crippen LogP contribution in [0.1, 0.15) is 39.5 Å². The number of rotatable bonds is 0. The van der Waals surface area contributed by atoms with Gasteiger partial charge in [0.25, 0.3) is 0 Å². The molecule has 0 amide bonds. The van der Waals surface area contributed by atoms with Gasteiger partial charge in [0, 0.05) is 0 Å². The van der Waals surface area contributed by atoms with E-state index in [0.29, 0.717) is 5.41 Å². The number of allylic oxidation sites excluding steroid dienone is 4. The van der Waals surface area contributed by atoms with Crippen molar-refractivity contribution in [2.24, 2.45) is 11.3 Å². The van der Waals surface area contributed by atoms with Crippen LogP contribution in [0.2, 0.25) is 0 Å².